The third-order valence-corrected chi connectivity index (χ3v) is 3.37. The molecule has 2 amide bonds. The lowest BCUT2D eigenvalue weighted by Gasteiger charge is -2.27. The van der Waals surface area contributed by atoms with Gasteiger partial charge in [0.1, 0.15) is 11.8 Å². The van der Waals surface area contributed by atoms with E-state index in [-0.39, 0.29) is 19.6 Å². The van der Waals surface area contributed by atoms with Crippen molar-refractivity contribution < 1.29 is 28.6 Å². The first-order valence-electron chi connectivity index (χ1n) is 7.85. The molecule has 1 atom stereocenters. The van der Waals surface area contributed by atoms with E-state index in [2.05, 4.69) is 16.0 Å². The lowest BCUT2D eigenvalue weighted by atomic mass is 10.1. The Morgan fingerprint density at radius 2 is 1.88 bits per heavy atom. The van der Waals surface area contributed by atoms with E-state index in [4.69, 9.17) is 15.9 Å². The molecule has 0 spiro atoms. The van der Waals surface area contributed by atoms with Crippen LogP contribution in [0.4, 0.5) is 10.5 Å². The van der Waals surface area contributed by atoms with Crippen LogP contribution in [0, 0.1) is 12.3 Å². The molecule has 1 aromatic rings. The third kappa shape index (κ3) is 6.02. The first-order chi connectivity index (χ1) is 12.5. The summed E-state index contributed by atoms with van der Waals surface area (Å²) in [4.78, 5) is 37.5. The number of methoxy groups -OCH3 is 2. The summed E-state index contributed by atoms with van der Waals surface area (Å²) in [6, 6.07) is 5.40. The Hall–Kier alpha value is -3.21. The highest BCUT2D eigenvalue weighted by Crippen LogP contribution is 2.17. The van der Waals surface area contributed by atoms with Gasteiger partial charge in [-0.15, -0.1) is 6.42 Å². The lowest BCUT2D eigenvalue weighted by molar-refractivity contribution is -0.146. The van der Waals surface area contributed by atoms with Gasteiger partial charge in [0.2, 0.25) is 5.91 Å². The summed E-state index contributed by atoms with van der Waals surface area (Å²) in [5.41, 5.74) is 0.468. The molecule has 0 fully saturated rings. The molecule has 1 aromatic carbocycles. The number of rotatable bonds is 8. The van der Waals surface area contributed by atoms with Crippen molar-refractivity contribution >= 4 is 23.7 Å². The van der Waals surface area contributed by atoms with Gasteiger partial charge in [-0.3, -0.25) is 14.5 Å². The van der Waals surface area contributed by atoms with E-state index in [1.807, 2.05) is 0 Å². The highest BCUT2D eigenvalue weighted by molar-refractivity contribution is 5.98. The Balaban J connectivity index is 3.03. The number of benzene rings is 1. The molecule has 0 saturated heterocycles. The zero-order valence-corrected chi connectivity index (χ0v) is 15.0. The summed E-state index contributed by atoms with van der Waals surface area (Å²) in [7, 11) is 2.69. The zero-order chi connectivity index (χ0) is 19.5. The second kappa shape index (κ2) is 10.6. The van der Waals surface area contributed by atoms with Crippen molar-refractivity contribution in [2.75, 3.05) is 32.7 Å². The van der Waals surface area contributed by atoms with E-state index in [0.29, 0.717) is 11.4 Å². The Morgan fingerprint density at radius 1 is 1.23 bits per heavy atom. The minimum atomic E-state index is -1.18. The minimum Gasteiger partial charge on any atom is -0.497 e. The summed E-state index contributed by atoms with van der Waals surface area (Å²) in [6.45, 7) is 1.59. The van der Waals surface area contributed by atoms with Crippen LogP contribution in [0.25, 0.3) is 0 Å². The largest absolute Gasteiger partial charge is 0.497 e. The first-order valence-corrected chi connectivity index (χ1v) is 7.85. The molecule has 0 aliphatic carbocycles. The van der Waals surface area contributed by atoms with Crippen LogP contribution in [0.3, 0.4) is 0 Å². The van der Waals surface area contributed by atoms with Gasteiger partial charge < -0.3 is 19.5 Å². The van der Waals surface area contributed by atoms with Gasteiger partial charge in [0.05, 0.1) is 33.8 Å². The van der Waals surface area contributed by atoms with E-state index >= 15 is 0 Å². The SMILES string of the molecule is C#CCN(C(=O)OC)C(CC(=O)OCC)C(=O)Nc1ccc(OC)cc1. The van der Waals surface area contributed by atoms with Crippen LogP contribution in [-0.2, 0) is 19.1 Å². The van der Waals surface area contributed by atoms with Crippen LogP contribution in [0.1, 0.15) is 13.3 Å². The normalized spacial score (nSPS) is 10.8. The predicted octanol–water partition coefficient (Wildman–Crippen LogP) is 1.66. The average Bonchev–Trinajstić information content (AvgIpc) is 2.64. The Morgan fingerprint density at radius 3 is 2.38 bits per heavy atom. The number of carbonyl (C=O) groups is 3. The van der Waals surface area contributed by atoms with E-state index in [1.165, 1.54) is 7.11 Å². The monoisotopic (exact) mass is 362 g/mol. The molecule has 0 bridgehead atoms. The van der Waals surface area contributed by atoms with Gasteiger partial charge in [-0.2, -0.15) is 0 Å². The number of carbonyl (C=O) groups excluding carboxylic acids is 3. The van der Waals surface area contributed by atoms with E-state index < -0.39 is 24.0 Å². The molecule has 26 heavy (non-hydrogen) atoms. The molecular formula is C18H22N2O6. The smallest absolute Gasteiger partial charge is 0.410 e. The van der Waals surface area contributed by atoms with Gasteiger partial charge in [-0.25, -0.2) is 4.79 Å². The van der Waals surface area contributed by atoms with Crippen LogP contribution in [0.5, 0.6) is 5.75 Å². The number of terminal acetylenes is 1. The number of anilines is 1. The average molecular weight is 362 g/mol. The Labute approximate surface area is 152 Å². The maximum absolute atomic E-state index is 12.7. The zero-order valence-electron chi connectivity index (χ0n) is 15.0. The fourth-order valence-corrected chi connectivity index (χ4v) is 2.14. The molecule has 0 aromatic heterocycles. The number of amides is 2. The van der Waals surface area contributed by atoms with Crippen molar-refractivity contribution in [1.29, 1.82) is 0 Å². The molecule has 0 radical (unpaired) electrons. The van der Waals surface area contributed by atoms with Gasteiger partial charge in [0.15, 0.2) is 0 Å². The molecule has 0 heterocycles. The fraction of sp³-hybridized carbons (Fsp3) is 0.389. The summed E-state index contributed by atoms with van der Waals surface area (Å²) in [5.74, 6) is 1.67. The molecule has 8 heteroatoms. The van der Waals surface area contributed by atoms with Crippen molar-refractivity contribution in [3.8, 4) is 18.1 Å². The van der Waals surface area contributed by atoms with Crippen molar-refractivity contribution in [3.05, 3.63) is 24.3 Å². The number of hydrogen-bond donors (Lipinski definition) is 1. The van der Waals surface area contributed by atoms with Crippen LogP contribution in [-0.4, -0.2) is 56.3 Å². The molecule has 0 saturated carbocycles. The van der Waals surface area contributed by atoms with Gasteiger partial charge >= 0.3 is 12.1 Å². The first kappa shape index (κ1) is 20.8. The lowest BCUT2D eigenvalue weighted by Crippen LogP contribution is -2.48. The molecule has 140 valence electrons. The van der Waals surface area contributed by atoms with Gasteiger partial charge in [-0.05, 0) is 31.2 Å². The van der Waals surface area contributed by atoms with Gasteiger partial charge in [0, 0.05) is 5.69 Å². The number of nitrogens with zero attached hydrogens (tertiary/aromatic N) is 1. The predicted molar refractivity (Wildman–Crippen MR) is 94.6 cm³/mol. The van der Waals surface area contributed by atoms with Crippen LogP contribution in [0.15, 0.2) is 24.3 Å². The topological polar surface area (TPSA) is 94.2 Å². The number of ether oxygens (including phenoxy) is 3. The van der Waals surface area contributed by atoms with Gasteiger partial charge in [-0.1, -0.05) is 5.92 Å². The minimum absolute atomic E-state index is 0.152. The highest BCUT2D eigenvalue weighted by Gasteiger charge is 2.32. The van der Waals surface area contributed by atoms with Crippen molar-refractivity contribution in [3.63, 3.8) is 0 Å². The molecule has 1 N–H and O–H groups in total. The highest BCUT2D eigenvalue weighted by atomic mass is 16.5. The van der Waals surface area contributed by atoms with Crippen molar-refractivity contribution in [1.82, 2.24) is 4.90 Å². The van der Waals surface area contributed by atoms with Crippen LogP contribution in [0.2, 0.25) is 0 Å². The quantitative estimate of drug-likeness (QED) is 0.558. The van der Waals surface area contributed by atoms with Crippen molar-refractivity contribution in [2.24, 2.45) is 0 Å². The second-order valence-electron chi connectivity index (χ2n) is 5.04. The van der Waals surface area contributed by atoms with E-state index in [9.17, 15) is 14.4 Å². The summed E-state index contributed by atoms with van der Waals surface area (Å²) < 4.78 is 14.6. The number of hydrogen-bond acceptors (Lipinski definition) is 6. The fourth-order valence-electron chi connectivity index (χ4n) is 2.14. The molecule has 0 aliphatic heterocycles. The summed E-state index contributed by atoms with van der Waals surface area (Å²) in [5, 5.41) is 2.64. The second-order valence-corrected chi connectivity index (χ2v) is 5.04. The Kier molecular flexibility index (Phi) is 8.50. The number of esters is 1. The molecule has 8 nitrogen and oxygen atoms in total. The van der Waals surface area contributed by atoms with E-state index in [1.54, 1.807) is 31.2 Å². The van der Waals surface area contributed by atoms with Crippen LogP contribution >= 0.6 is 0 Å². The maximum Gasteiger partial charge on any atom is 0.410 e. The summed E-state index contributed by atoms with van der Waals surface area (Å²) >= 11 is 0. The standard InChI is InChI=1S/C18H22N2O6/c1-5-11-20(18(23)25-4)15(12-16(21)26-6-2)17(22)19-13-7-9-14(24-3)10-8-13/h1,7-10,15H,6,11-12H2,2-4H3,(H,19,22). The maximum atomic E-state index is 12.7. The van der Waals surface area contributed by atoms with E-state index in [0.717, 1.165) is 12.0 Å². The van der Waals surface area contributed by atoms with Crippen molar-refractivity contribution in [2.45, 2.75) is 19.4 Å². The molecular weight excluding hydrogens is 340 g/mol. The molecule has 0 aliphatic rings. The number of nitrogens with one attached hydrogen (secondary N) is 1. The Bertz CT molecular complexity index is 665. The van der Waals surface area contributed by atoms with Crippen LogP contribution < -0.4 is 10.1 Å². The summed E-state index contributed by atoms with van der Waals surface area (Å²) in [6.07, 6.45) is 4.10. The molecule has 1 unspecified atom stereocenters. The third-order valence-electron chi connectivity index (χ3n) is 3.37. The van der Waals surface area contributed by atoms with Gasteiger partial charge in [0.25, 0.3) is 0 Å². The molecule has 1 rings (SSSR count).